The molecule has 0 aromatic carbocycles. The van der Waals surface area contributed by atoms with Crippen LogP contribution >= 0.6 is 0 Å². The number of aromatic nitrogens is 3. The van der Waals surface area contributed by atoms with Crippen molar-refractivity contribution in [2.75, 3.05) is 0 Å². The maximum absolute atomic E-state index is 10.3. The predicted octanol–water partition coefficient (Wildman–Crippen LogP) is 0.386. The Bertz CT molecular complexity index is 256. The van der Waals surface area contributed by atoms with Crippen LogP contribution in [-0.4, -0.2) is 26.1 Å². The highest BCUT2D eigenvalue weighted by atomic mass is 16.4. The van der Waals surface area contributed by atoms with E-state index in [9.17, 15) is 4.79 Å². The fraction of sp³-hybridized carbons (Fsp3) is 0.500. The van der Waals surface area contributed by atoms with Crippen LogP contribution in [0.1, 0.15) is 23.8 Å². The Morgan fingerprint density at radius 2 is 2.55 bits per heavy atom. The quantitative estimate of drug-likeness (QED) is 0.685. The van der Waals surface area contributed by atoms with Gasteiger partial charge in [0.2, 0.25) is 0 Å². The molecule has 0 amide bonds. The van der Waals surface area contributed by atoms with E-state index in [1.54, 1.807) is 0 Å². The lowest BCUT2D eigenvalue weighted by molar-refractivity contribution is 0.0689. The van der Waals surface area contributed by atoms with Crippen LogP contribution in [-0.2, 0) is 6.54 Å². The third-order valence-corrected chi connectivity index (χ3v) is 1.18. The Hall–Kier alpha value is -1.39. The lowest BCUT2D eigenvalue weighted by Gasteiger charge is -1.91. The first kappa shape index (κ1) is 7.71. The van der Waals surface area contributed by atoms with Gasteiger partial charge in [0.25, 0.3) is 0 Å². The highest BCUT2D eigenvalue weighted by molar-refractivity contribution is 5.84. The molecule has 1 heterocycles. The first-order chi connectivity index (χ1) is 5.24. The molecule has 0 fully saturated rings. The first-order valence-corrected chi connectivity index (χ1v) is 3.37. The number of nitrogens with zero attached hydrogens (tertiary/aromatic N) is 3. The number of aromatic carboxylic acids is 1. The van der Waals surface area contributed by atoms with E-state index in [1.165, 1.54) is 11.0 Å². The lowest BCUT2D eigenvalue weighted by Crippen LogP contribution is -2.03. The average molecular weight is 155 g/mol. The monoisotopic (exact) mass is 155 g/mol. The Morgan fingerprint density at radius 3 is 3.00 bits per heavy atom. The maximum atomic E-state index is 10.3. The summed E-state index contributed by atoms with van der Waals surface area (Å²) in [4.78, 5) is 11.7. The van der Waals surface area contributed by atoms with Gasteiger partial charge in [-0.3, -0.25) is 0 Å². The molecule has 1 rings (SSSR count). The summed E-state index contributed by atoms with van der Waals surface area (Å²) in [6.45, 7) is 2.64. The number of hydrogen-bond acceptors (Lipinski definition) is 3. The zero-order valence-corrected chi connectivity index (χ0v) is 6.19. The SMILES string of the molecule is CCCn1ncc(C(=O)O)n1. The third kappa shape index (κ3) is 1.76. The minimum absolute atomic E-state index is 0.00144. The van der Waals surface area contributed by atoms with Crippen molar-refractivity contribution in [2.24, 2.45) is 0 Å². The molecule has 0 aliphatic carbocycles. The van der Waals surface area contributed by atoms with Crippen LogP contribution in [0.25, 0.3) is 0 Å². The fourth-order valence-corrected chi connectivity index (χ4v) is 0.703. The molecule has 0 unspecified atom stereocenters. The van der Waals surface area contributed by atoms with Gasteiger partial charge in [-0.05, 0) is 6.42 Å². The van der Waals surface area contributed by atoms with Crippen molar-refractivity contribution in [3.63, 3.8) is 0 Å². The lowest BCUT2D eigenvalue weighted by atomic mass is 10.5. The van der Waals surface area contributed by atoms with E-state index < -0.39 is 5.97 Å². The summed E-state index contributed by atoms with van der Waals surface area (Å²) in [5.74, 6) is -1.03. The molecule has 0 atom stereocenters. The largest absolute Gasteiger partial charge is 0.476 e. The molecule has 0 aliphatic rings. The number of hydrogen-bond donors (Lipinski definition) is 1. The molecule has 11 heavy (non-hydrogen) atoms. The summed E-state index contributed by atoms with van der Waals surface area (Å²) >= 11 is 0. The molecule has 0 radical (unpaired) electrons. The van der Waals surface area contributed by atoms with E-state index in [-0.39, 0.29) is 5.69 Å². The molecular weight excluding hydrogens is 146 g/mol. The normalized spacial score (nSPS) is 9.91. The highest BCUT2D eigenvalue weighted by Crippen LogP contribution is 1.91. The molecule has 0 saturated heterocycles. The van der Waals surface area contributed by atoms with Crippen LogP contribution in [0.4, 0.5) is 0 Å². The summed E-state index contributed by atoms with van der Waals surface area (Å²) < 4.78 is 0. The molecular formula is C6H9N3O2. The molecule has 5 nitrogen and oxygen atoms in total. The van der Waals surface area contributed by atoms with Crippen molar-refractivity contribution in [1.29, 1.82) is 0 Å². The Kier molecular flexibility index (Phi) is 2.20. The molecule has 0 aliphatic heterocycles. The molecule has 0 bridgehead atoms. The minimum Gasteiger partial charge on any atom is -0.476 e. The number of carbonyl (C=O) groups is 1. The van der Waals surface area contributed by atoms with Crippen LogP contribution in [0.5, 0.6) is 0 Å². The van der Waals surface area contributed by atoms with Gasteiger partial charge >= 0.3 is 5.97 Å². The highest BCUT2D eigenvalue weighted by Gasteiger charge is 2.06. The minimum atomic E-state index is -1.03. The summed E-state index contributed by atoms with van der Waals surface area (Å²) in [6.07, 6.45) is 2.14. The van der Waals surface area contributed by atoms with E-state index in [4.69, 9.17) is 5.11 Å². The first-order valence-electron chi connectivity index (χ1n) is 3.37. The summed E-state index contributed by atoms with van der Waals surface area (Å²) in [5, 5.41) is 15.9. The molecule has 0 spiro atoms. The number of carboxylic acids is 1. The fourth-order valence-electron chi connectivity index (χ4n) is 0.703. The van der Waals surface area contributed by atoms with E-state index in [0.717, 1.165) is 6.42 Å². The second-order valence-electron chi connectivity index (χ2n) is 2.13. The van der Waals surface area contributed by atoms with Gasteiger partial charge in [-0.1, -0.05) is 6.92 Å². The average Bonchev–Trinajstić information content (AvgIpc) is 2.37. The molecule has 5 heteroatoms. The summed E-state index contributed by atoms with van der Waals surface area (Å²) in [7, 11) is 0. The van der Waals surface area contributed by atoms with Crippen molar-refractivity contribution >= 4 is 5.97 Å². The Balaban J connectivity index is 2.73. The Morgan fingerprint density at radius 1 is 1.82 bits per heavy atom. The van der Waals surface area contributed by atoms with Crippen molar-refractivity contribution < 1.29 is 9.90 Å². The zero-order valence-electron chi connectivity index (χ0n) is 6.19. The molecule has 1 aromatic rings. The number of rotatable bonds is 3. The third-order valence-electron chi connectivity index (χ3n) is 1.18. The number of carboxylic acid groups (broad SMARTS) is 1. The van der Waals surface area contributed by atoms with Crippen LogP contribution in [0.3, 0.4) is 0 Å². The molecule has 60 valence electrons. The summed E-state index contributed by atoms with van der Waals surface area (Å²) in [5.41, 5.74) is -0.00144. The van der Waals surface area contributed by atoms with E-state index in [0.29, 0.717) is 6.54 Å². The van der Waals surface area contributed by atoms with Gasteiger partial charge in [0.05, 0.1) is 12.7 Å². The van der Waals surface area contributed by atoms with Gasteiger partial charge in [0.15, 0.2) is 5.69 Å². The Labute approximate surface area is 63.6 Å². The standard InChI is InChI=1S/C6H9N3O2/c1-2-3-9-7-4-5(8-9)6(10)11/h4H,2-3H2,1H3,(H,10,11). The predicted molar refractivity (Wildman–Crippen MR) is 37.3 cm³/mol. The van der Waals surface area contributed by atoms with Crippen LogP contribution < -0.4 is 0 Å². The molecule has 1 aromatic heterocycles. The van der Waals surface area contributed by atoms with E-state index in [2.05, 4.69) is 10.2 Å². The van der Waals surface area contributed by atoms with Gasteiger partial charge < -0.3 is 5.11 Å². The van der Waals surface area contributed by atoms with Crippen LogP contribution in [0, 0.1) is 0 Å². The van der Waals surface area contributed by atoms with Gasteiger partial charge in [0, 0.05) is 0 Å². The van der Waals surface area contributed by atoms with Crippen LogP contribution in [0.15, 0.2) is 6.20 Å². The van der Waals surface area contributed by atoms with E-state index >= 15 is 0 Å². The second-order valence-corrected chi connectivity index (χ2v) is 2.13. The van der Waals surface area contributed by atoms with Gasteiger partial charge in [-0.2, -0.15) is 9.90 Å². The van der Waals surface area contributed by atoms with Crippen molar-refractivity contribution in [3.05, 3.63) is 11.9 Å². The topological polar surface area (TPSA) is 68.0 Å². The van der Waals surface area contributed by atoms with Crippen LogP contribution in [0.2, 0.25) is 0 Å². The van der Waals surface area contributed by atoms with E-state index in [1.807, 2.05) is 6.92 Å². The van der Waals surface area contributed by atoms with Gasteiger partial charge in [0.1, 0.15) is 0 Å². The van der Waals surface area contributed by atoms with Crippen molar-refractivity contribution in [2.45, 2.75) is 19.9 Å². The smallest absolute Gasteiger partial charge is 0.358 e. The van der Waals surface area contributed by atoms with Gasteiger partial charge in [-0.15, -0.1) is 5.10 Å². The maximum Gasteiger partial charge on any atom is 0.358 e. The van der Waals surface area contributed by atoms with Crippen molar-refractivity contribution in [1.82, 2.24) is 15.0 Å². The molecule has 1 N–H and O–H groups in total. The second kappa shape index (κ2) is 3.14. The van der Waals surface area contributed by atoms with Gasteiger partial charge in [-0.25, -0.2) is 4.79 Å². The number of aryl methyl sites for hydroxylation is 1. The summed E-state index contributed by atoms with van der Waals surface area (Å²) in [6, 6.07) is 0. The van der Waals surface area contributed by atoms with Crippen molar-refractivity contribution in [3.8, 4) is 0 Å². The zero-order chi connectivity index (χ0) is 8.27. The molecule has 0 saturated carbocycles.